The lowest BCUT2D eigenvalue weighted by molar-refractivity contribution is 0.0917. The summed E-state index contributed by atoms with van der Waals surface area (Å²) >= 11 is 1.38. The van der Waals surface area contributed by atoms with Gasteiger partial charge in [0.05, 0.1) is 23.7 Å². The van der Waals surface area contributed by atoms with E-state index in [0.29, 0.717) is 11.4 Å². The van der Waals surface area contributed by atoms with Crippen molar-refractivity contribution in [3.63, 3.8) is 0 Å². The summed E-state index contributed by atoms with van der Waals surface area (Å²) in [6.07, 6.45) is 7.07. The lowest BCUT2D eigenvalue weighted by Crippen LogP contribution is -2.40. The molecule has 28 heavy (non-hydrogen) atoms. The highest BCUT2D eigenvalue weighted by Crippen LogP contribution is 2.27. The van der Waals surface area contributed by atoms with Gasteiger partial charge >= 0.3 is 0 Å². The van der Waals surface area contributed by atoms with E-state index in [4.69, 9.17) is 4.42 Å². The molecular weight excluding hydrogens is 372 g/mol. The van der Waals surface area contributed by atoms with Crippen molar-refractivity contribution in [1.82, 2.24) is 20.2 Å². The van der Waals surface area contributed by atoms with Crippen molar-refractivity contribution in [2.45, 2.75) is 32.2 Å². The third-order valence-electron chi connectivity index (χ3n) is 5.05. The number of hydrogen-bond donors (Lipinski definition) is 1. The Kier molecular flexibility index (Phi) is 5.83. The first kappa shape index (κ1) is 18.8. The molecule has 4 heterocycles. The van der Waals surface area contributed by atoms with Gasteiger partial charge in [0.15, 0.2) is 0 Å². The predicted molar refractivity (Wildman–Crippen MR) is 109 cm³/mol. The van der Waals surface area contributed by atoms with Crippen LogP contribution >= 0.6 is 11.3 Å². The lowest BCUT2D eigenvalue weighted by Gasteiger charge is -2.33. The minimum Gasteiger partial charge on any atom is -0.468 e. The van der Waals surface area contributed by atoms with Crippen LogP contribution in [-0.4, -0.2) is 40.4 Å². The van der Waals surface area contributed by atoms with Crippen LogP contribution in [0.1, 0.15) is 46.4 Å². The molecule has 1 N–H and O–H groups in total. The van der Waals surface area contributed by atoms with E-state index < -0.39 is 0 Å². The van der Waals surface area contributed by atoms with Crippen LogP contribution in [0.2, 0.25) is 0 Å². The molecule has 0 aliphatic carbocycles. The smallest absolute Gasteiger partial charge is 0.263 e. The van der Waals surface area contributed by atoms with Crippen molar-refractivity contribution in [2.75, 3.05) is 19.6 Å². The number of hydrogen-bond acceptors (Lipinski definition) is 6. The third kappa shape index (κ3) is 4.15. The normalized spacial score (nSPS) is 16.0. The molecule has 0 aromatic carbocycles. The highest BCUT2D eigenvalue weighted by molar-refractivity contribution is 7.17. The first-order valence-electron chi connectivity index (χ1n) is 9.67. The summed E-state index contributed by atoms with van der Waals surface area (Å²) in [7, 11) is 0. The fourth-order valence-electron chi connectivity index (χ4n) is 3.60. The molecule has 3 aromatic rings. The number of amides is 1. The fraction of sp³-hybridized carbons (Fsp3) is 0.381. The number of rotatable bonds is 6. The molecule has 1 aliphatic heterocycles. The zero-order chi connectivity index (χ0) is 19.3. The van der Waals surface area contributed by atoms with Crippen molar-refractivity contribution in [3.05, 3.63) is 59.1 Å². The fourth-order valence-corrected chi connectivity index (χ4v) is 4.56. The van der Waals surface area contributed by atoms with Gasteiger partial charge in [0.2, 0.25) is 0 Å². The molecule has 1 fully saturated rings. The molecule has 0 bridgehead atoms. The Bertz CT molecular complexity index is 902. The lowest BCUT2D eigenvalue weighted by atomic mass is 10.1. The van der Waals surface area contributed by atoms with Gasteiger partial charge in [0, 0.05) is 12.7 Å². The minimum absolute atomic E-state index is 0.0581. The molecule has 1 saturated heterocycles. The van der Waals surface area contributed by atoms with E-state index in [0.717, 1.165) is 35.2 Å². The van der Waals surface area contributed by atoms with E-state index in [1.165, 1.54) is 30.6 Å². The maximum atomic E-state index is 12.9. The van der Waals surface area contributed by atoms with Gasteiger partial charge in [-0.1, -0.05) is 12.5 Å². The topological polar surface area (TPSA) is 71.3 Å². The van der Waals surface area contributed by atoms with Gasteiger partial charge in [0.1, 0.15) is 15.6 Å². The van der Waals surface area contributed by atoms with Gasteiger partial charge in [-0.3, -0.25) is 14.7 Å². The zero-order valence-electron chi connectivity index (χ0n) is 15.9. The van der Waals surface area contributed by atoms with Gasteiger partial charge < -0.3 is 9.73 Å². The maximum Gasteiger partial charge on any atom is 0.263 e. The molecule has 1 atom stereocenters. The van der Waals surface area contributed by atoms with Crippen molar-refractivity contribution in [2.24, 2.45) is 0 Å². The third-order valence-corrected chi connectivity index (χ3v) is 6.22. The molecule has 1 aliphatic rings. The number of carbonyl (C=O) groups excluding carboxylic acids is 1. The number of furan rings is 1. The van der Waals surface area contributed by atoms with Crippen LogP contribution in [0, 0.1) is 6.92 Å². The van der Waals surface area contributed by atoms with Crippen LogP contribution in [0.25, 0.3) is 10.7 Å². The first-order valence-corrected chi connectivity index (χ1v) is 10.5. The summed E-state index contributed by atoms with van der Waals surface area (Å²) in [5, 5.41) is 3.87. The predicted octanol–water partition coefficient (Wildman–Crippen LogP) is 4.06. The number of aryl methyl sites for hydroxylation is 1. The Morgan fingerprint density at radius 3 is 2.82 bits per heavy atom. The van der Waals surface area contributed by atoms with Crippen LogP contribution in [0.15, 0.2) is 47.2 Å². The Morgan fingerprint density at radius 1 is 1.25 bits per heavy atom. The molecule has 7 heteroatoms. The van der Waals surface area contributed by atoms with Crippen LogP contribution in [0.5, 0.6) is 0 Å². The second-order valence-electron chi connectivity index (χ2n) is 6.99. The molecule has 0 spiro atoms. The standard InChI is InChI=1S/C21H24N4O2S/c1-15-19(28-21(24-15)16-8-3-4-10-22-16)20(26)23-14-17(18-9-7-13-27-18)25-11-5-2-6-12-25/h3-4,7-10,13,17H,2,5-6,11-12,14H2,1H3,(H,23,26). The van der Waals surface area contributed by atoms with Crippen molar-refractivity contribution >= 4 is 17.2 Å². The number of carbonyl (C=O) groups is 1. The average molecular weight is 397 g/mol. The van der Waals surface area contributed by atoms with E-state index in [1.807, 2.05) is 37.3 Å². The van der Waals surface area contributed by atoms with Gasteiger partial charge in [-0.25, -0.2) is 4.98 Å². The number of likely N-dealkylation sites (tertiary alicyclic amines) is 1. The number of thiazole rings is 1. The monoisotopic (exact) mass is 396 g/mol. The second kappa shape index (κ2) is 8.67. The van der Waals surface area contributed by atoms with Gasteiger partial charge in [-0.2, -0.15) is 0 Å². The molecule has 1 amide bonds. The minimum atomic E-state index is -0.0919. The number of aromatic nitrogens is 2. The quantitative estimate of drug-likeness (QED) is 0.680. The summed E-state index contributed by atoms with van der Waals surface area (Å²) in [6, 6.07) is 9.65. The Balaban J connectivity index is 1.47. The van der Waals surface area contributed by atoms with Gasteiger partial charge in [-0.15, -0.1) is 11.3 Å². The Labute approximate surface area is 168 Å². The number of piperidine rings is 1. The first-order chi connectivity index (χ1) is 13.7. The van der Waals surface area contributed by atoms with Gasteiger partial charge in [-0.05, 0) is 57.1 Å². The van der Waals surface area contributed by atoms with Crippen molar-refractivity contribution in [3.8, 4) is 10.7 Å². The van der Waals surface area contributed by atoms with Crippen LogP contribution in [0.3, 0.4) is 0 Å². The Hall–Kier alpha value is -2.51. The SMILES string of the molecule is Cc1nc(-c2ccccn2)sc1C(=O)NCC(c1ccco1)N1CCCCC1. The molecular formula is C21H24N4O2S. The largest absolute Gasteiger partial charge is 0.468 e. The number of nitrogens with zero attached hydrogens (tertiary/aromatic N) is 3. The van der Waals surface area contributed by atoms with E-state index in [2.05, 4.69) is 20.2 Å². The van der Waals surface area contributed by atoms with E-state index >= 15 is 0 Å². The Morgan fingerprint density at radius 2 is 2.11 bits per heavy atom. The molecule has 146 valence electrons. The second-order valence-corrected chi connectivity index (χ2v) is 7.99. The van der Waals surface area contributed by atoms with Crippen LogP contribution in [0.4, 0.5) is 0 Å². The molecule has 0 radical (unpaired) electrons. The van der Waals surface area contributed by atoms with Gasteiger partial charge in [0.25, 0.3) is 5.91 Å². The highest BCUT2D eigenvalue weighted by atomic mass is 32.1. The summed E-state index contributed by atoms with van der Waals surface area (Å²) in [5.41, 5.74) is 1.52. The summed E-state index contributed by atoms with van der Waals surface area (Å²) in [4.78, 5) is 24.8. The van der Waals surface area contributed by atoms with E-state index in [1.54, 1.807) is 12.5 Å². The number of pyridine rings is 1. The maximum absolute atomic E-state index is 12.9. The molecule has 6 nitrogen and oxygen atoms in total. The summed E-state index contributed by atoms with van der Waals surface area (Å²) in [6.45, 7) is 4.45. The molecule has 0 saturated carbocycles. The number of nitrogens with one attached hydrogen (secondary N) is 1. The molecule has 4 rings (SSSR count). The van der Waals surface area contributed by atoms with E-state index in [-0.39, 0.29) is 11.9 Å². The molecule has 1 unspecified atom stereocenters. The summed E-state index contributed by atoms with van der Waals surface area (Å²) < 4.78 is 5.66. The van der Waals surface area contributed by atoms with E-state index in [9.17, 15) is 4.79 Å². The molecule has 3 aromatic heterocycles. The highest BCUT2D eigenvalue weighted by Gasteiger charge is 2.26. The van der Waals surface area contributed by atoms with Crippen molar-refractivity contribution < 1.29 is 9.21 Å². The zero-order valence-corrected chi connectivity index (χ0v) is 16.7. The van der Waals surface area contributed by atoms with Crippen molar-refractivity contribution in [1.29, 1.82) is 0 Å². The van der Waals surface area contributed by atoms with Crippen LogP contribution in [-0.2, 0) is 0 Å². The van der Waals surface area contributed by atoms with Crippen LogP contribution < -0.4 is 5.32 Å². The average Bonchev–Trinajstić information content (AvgIpc) is 3.40. The summed E-state index contributed by atoms with van der Waals surface area (Å²) in [5.74, 6) is 0.808.